The molecule has 0 unspecified atom stereocenters. The number of rotatable bonds is 8. The summed E-state index contributed by atoms with van der Waals surface area (Å²) in [5.41, 5.74) is 3.28. The van der Waals surface area contributed by atoms with E-state index in [0.717, 1.165) is 33.0 Å². The topological polar surface area (TPSA) is 75.7 Å². The van der Waals surface area contributed by atoms with Crippen LogP contribution in [0.1, 0.15) is 23.6 Å². The lowest BCUT2D eigenvalue weighted by molar-refractivity contribution is -0.119. The van der Waals surface area contributed by atoms with E-state index in [4.69, 9.17) is 4.74 Å². The van der Waals surface area contributed by atoms with E-state index in [2.05, 4.69) is 5.32 Å². The molecule has 0 fully saturated rings. The number of carbonyl (C=O) groups excluding carboxylic acids is 1. The summed E-state index contributed by atoms with van der Waals surface area (Å²) < 4.78 is 30.9. The Balaban J connectivity index is 2.06. The Labute approximate surface area is 161 Å². The minimum Gasteiger partial charge on any atom is -0.494 e. The second-order valence-electron chi connectivity index (χ2n) is 6.47. The number of amides is 1. The van der Waals surface area contributed by atoms with Gasteiger partial charge in [0.05, 0.1) is 18.6 Å². The van der Waals surface area contributed by atoms with E-state index in [9.17, 15) is 13.2 Å². The number of sulfonamides is 1. The van der Waals surface area contributed by atoms with E-state index >= 15 is 0 Å². The van der Waals surface area contributed by atoms with Gasteiger partial charge in [-0.05, 0) is 61.7 Å². The Kier molecular flexibility index (Phi) is 6.85. The molecule has 2 aromatic carbocycles. The maximum absolute atomic E-state index is 12.3. The predicted molar refractivity (Wildman–Crippen MR) is 108 cm³/mol. The van der Waals surface area contributed by atoms with Crippen molar-refractivity contribution in [2.24, 2.45) is 0 Å². The number of ether oxygens (including phenoxy) is 1. The molecule has 0 aliphatic heterocycles. The quantitative estimate of drug-likeness (QED) is 0.752. The summed E-state index contributed by atoms with van der Waals surface area (Å²) in [6.45, 7) is 6.34. The summed E-state index contributed by atoms with van der Waals surface area (Å²) >= 11 is 0. The Morgan fingerprint density at radius 2 is 1.67 bits per heavy atom. The monoisotopic (exact) mass is 390 g/mol. The number of hydrogen-bond donors (Lipinski definition) is 1. The summed E-state index contributed by atoms with van der Waals surface area (Å²) in [5, 5.41) is 2.77. The van der Waals surface area contributed by atoms with Gasteiger partial charge in [-0.25, -0.2) is 8.42 Å². The molecule has 27 heavy (non-hydrogen) atoms. The van der Waals surface area contributed by atoms with Crippen LogP contribution in [-0.2, 0) is 21.4 Å². The van der Waals surface area contributed by atoms with Gasteiger partial charge in [-0.2, -0.15) is 0 Å². The molecule has 7 heteroatoms. The van der Waals surface area contributed by atoms with Crippen LogP contribution in [0.4, 0.5) is 5.69 Å². The van der Waals surface area contributed by atoms with Gasteiger partial charge in [0.15, 0.2) is 0 Å². The van der Waals surface area contributed by atoms with Gasteiger partial charge < -0.3 is 10.1 Å². The largest absolute Gasteiger partial charge is 0.494 e. The van der Waals surface area contributed by atoms with Crippen molar-refractivity contribution in [3.63, 3.8) is 0 Å². The molecule has 0 aliphatic carbocycles. The highest BCUT2D eigenvalue weighted by molar-refractivity contribution is 7.92. The molecule has 0 saturated heterocycles. The van der Waals surface area contributed by atoms with Crippen LogP contribution in [-0.4, -0.2) is 33.7 Å². The van der Waals surface area contributed by atoms with E-state index in [1.54, 1.807) is 12.1 Å². The van der Waals surface area contributed by atoms with Crippen molar-refractivity contribution in [2.45, 2.75) is 27.3 Å². The molecule has 0 radical (unpaired) electrons. The van der Waals surface area contributed by atoms with Crippen LogP contribution in [0.15, 0.2) is 42.5 Å². The molecule has 0 aliphatic rings. The van der Waals surface area contributed by atoms with E-state index in [0.29, 0.717) is 18.8 Å². The van der Waals surface area contributed by atoms with E-state index < -0.39 is 10.0 Å². The number of hydrogen-bond acceptors (Lipinski definition) is 4. The van der Waals surface area contributed by atoms with Crippen molar-refractivity contribution in [3.8, 4) is 5.75 Å². The van der Waals surface area contributed by atoms with Crippen LogP contribution in [0.3, 0.4) is 0 Å². The van der Waals surface area contributed by atoms with Crippen LogP contribution in [0, 0.1) is 13.8 Å². The van der Waals surface area contributed by atoms with Crippen molar-refractivity contribution in [2.75, 3.05) is 23.7 Å². The van der Waals surface area contributed by atoms with Crippen molar-refractivity contribution in [3.05, 3.63) is 59.2 Å². The lowest BCUT2D eigenvalue weighted by Gasteiger charge is -2.23. The Morgan fingerprint density at radius 1 is 1.07 bits per heavy atom. The highest BCUT2D eigenvalue weighted by atomic mass is 32.2. The molecular weight excluding hydrogens is 364 g/mol. The van der Waals surface area contributed by atoms with Crippen LogP contribution in [0.2, 0.25) is 0 Å². The Bertz CT molecular complexity index is 872. The summed E-state index contributed by atoms with van der Waals surface area (Å²) in [7, 11) is -3.59. The van der Waals surface area contributed by atoms with Gasteiger partial charge in [-0.3, -0.25) is 9.10 Å². The zero-order chi connectivity index (χ0) is 20.0. The smallest absolute Gasteiger partial charge is 0.241 e. The van der Waals surface area contributed by atoms with Crippen LogP contribution in [0.25, 0.3) is 0 Å². The second-order valence-corrected chi connectivity index (χ2v) is 8.38. The first kappa shape index (κ1) is 20.8. The van der Waals surface area contributed by atoms with Crippen molar-refractivity contribution in [1.29, 1.82) is 0 Å². The SMILES string of the molecule is CCOc1ccc(CNC(=O)CN(c2cc(C)cc(C)c2)S(C)(=O)=O)cc1. The number of nitrogens with zero attached hydrogens (tertiary/aromatic N) is 1. The number of nitrogens with one attached hydrogen (secondary N) is 1. The molecule has 0 spiro atoms. The van der Waals surface area contributed by atoms with Crippen LogP contribution >= 0.6 is 0 Å². The third-order valence-electron chi connectivity index (χ3n) is 3.91. The van der Waals surface area contributed by atoms with Gasteiger partial charge >= 0.3 is 0 Å². The number of anilines is 1. The molecule has 6 nitrogen and oxygen atoms in total. The molecule has 1 N–H and O–H groups in total. The normalized spacial score (nSPS) is 11.1. The zero-order valence-corrected chi connectivity index (χ0v) is 17.0. The van der Waals surface area contributed by atoms with E-state index in [1.807, 2.05) is 51.1 Å². The van der Waals surface area contributed by atoms with Gasteiger partial charge in [-0.15, -0.1) is 0 Å². The minimum absolute atomic E-state index is 0.265. The van der Waals surface area contributed by atoms with Crippen molar-refractivity contribution in [1.82, 2.24) is 5.32 Å². The maximum atomic E-state index is 12.3. The molecule has 146 valence electrons. The van der Waals surface area contributed by atoms with Gasteiger partial charge in [-0.1, -0.05) is 18.2 Å². The molecule has 0 atom stereocenters. The predicted octanol–water partition coefficient (Wildman–Crippen LogP) is 2.78. The van der Waals surface area contributed by atoms with Crippen LogP contribution < -0.4 is 14.4 Å². The average molecular weight is 391 g/mol. The Morgan fingerprint density at radius 3 is 2.19 bits per heavy atom. The molecule has 0 aromatic heterocycles. The first-order valence-electron chi connectivity index (χ1n) is 8.73. The van der Waals surface area contributed by atoms with Crippen molar-refractivity contribution >= 4 is 21.6 Å². The highest BCUT2D eigenvalue weighted by Gasteiger charge is 2.21. The molecule has 1 amide bonds. The fraction of sp³-hybridized carbons (Fsp3) is 0.350. The van der Waals surface area contributed by atoms with Gasteiger partial charge in [0.2, 0.25) is 15.9 Å². The first-order valence-corrected chi connectivity index (χ1v) is 10.6. The summed E-state index contributed by atoms with van der Waals surface area (Å²) in [4.78, 5) is 12.3. The lowest BCUT2D eigenvalue weighted by atomic mass is 10.1. The highest BCUT2D eigenvalue weighted by Crippen LogP contribution is 2.21. The molecule has 0 heterocycles. The second kappa shape index (κ2) is 8.90. The summed E-state index contributed by atoms with van der Waals surface area (Å²) in [5.74, 6) is 0.402. The van der Waals surface area contributed by atoms with E-state index in [-0.39, 0.29) is 12.5 Å². The zero-order valence-electron chi connectivity index (χ0n) is 16.2. The molecule has 0 bridgehead atoms. The van der Waals surface area contributed by atoms with Gasteiger partial charge in [0.25, 0.3) is 0 Å². The standard InChI is InChI=1S/C20H26N2O4S/c1-5-26-19-8-6-17(7-9-19)13-21-20(23)14-22(27(4,24)25)18-11-15(2)10-16(3)12-18/h6-12H,5,13-14H2,1-4H3,(H,21,23). The fourth-order valence-electron chi connectivity index (χ4n) is 2.75. The van der Waals surface area contributed by atoms with Gasteiger partial charge in [0, 0.05) is 6.54 Å². The lowest BCUT2D eigenvalue weighted by Crippen LogP contribution is -2.40. The third kappa shape index (κ3) is 6.29. The van der Waals surface area contributed by atoms with Crippen LogP contribution in [0.5, 0.6) is 5.75 Å². The number of benzene rings is 2. The molecule has 2 aromatic rings. The minimum atomic E-state index is -3.59. The maximum Gasteiger partial charge on any atom is 0.241 e. The number of carbonyl (C=O) groups is 1. The molecule has 0 saturated carbocycles. The third-order valence-corrected chi connectivity index (χ3v) is 5.05. The molecular formula is C20H26N2O4S. The fourth-order valence-corrected chi connectivity index (χ4v) is 3.59. The molecule has 2 rings (SSSR count). The first-order chi connectivity index (χ1) is 12.7. The summed E-state index contributed by atoms with van der Waals surface area (Å²) in [6.07, 6.45) is 1.10. The summed E-state index contributed by atoms with van der Waals surface area (Å²) in [6, 6.07) is 12.9. The average Bonchev–Trinajstić information content (AvgIpc) is 2.57. The van der Waals surface area contributed by atoms with Crippen molar-refractivity contribution < 1.29 is 17.9 Å². The van der Waals surface area contributed by atoms with E-state index in [1.165, 1.54) is 0 Å². The van der Waals surface area contributed by atoms with Gasteiger partial charge in [0.1, 0.15) is 12.3 Å². The number of aryl methyl sites for hydroxylation is 2. The Hall–Kier alpha value is -2.54.